The van der Waals surface area contributed by atoms with Gasteiger partial charge in [-0.05, 0) is 55.2 Å². The van der Waals surface area contributed by atoms with Crippen LogP contribution in [0.5, 0.6) is 11.5 Å². The molecule has 0 bridgehead atoms. The first-order valence-electron chi connectivity index (χ1n) is 8.79. The van der Waals surface area contributed by atoms with Crippen molar-refractivity contribution in [1.82, 2.24) is 0 Å². The molecule has 144 valence electrons. The van der Waals surface area contributed by atoms with Crippen molar-refractivity contribution >= 4 is 41.0 Å². The molecule has 0 aliphatic carbocycles. The Balaban J connectivity index is 1.60. The molecule has 7 heteroatoms. The van der Waals surface area contributed by atoms with Gasteiger partial charge in [-0.15, -0.1) is 0 Å². The number of carbonyl (C=O) groups is 2. The van der Waals surface area contributed by atoms with E-state index in [2.05, 4.69) is 0 Å². The summed E-state index contributed by atoms with van der Waals surface area (Å²) >= 11 is 12.1. The van der Waals surface area contributed by atoms with E-state index in [0.717, 1.165) is 6.42 Å². The van der Waals surface area contributed by atoms with Gasteiger partial charge < -0.3 is 14.2 Å². The zero-order valence-electron chi connectivity index (χ0n) is 15.0. The number of rotatable bonds is 3. The second-order valence-electron chi connectivity index (χ2n) is 6.64. The number of hydrogen-bond acceptors (Lipinski definition) is 5. The van der Waals surface area contributed by atoms with Crippen LogP contribution in [0.25, 0.3) is 6.08 Å². The first kappa shape index (κ1) is 19.0. The summed E-state index contributed by atoms with van der Waals surface area (Å²) in [6, 6.07) is 8.16. The van der Waals surface area contributed by atoms with Crippen LogP contribution < -0.4 is 9.47 Å². The molecule has 4 rings (SSSR count). The highest BCUT2D eigenvalue weighted by Crippen LogP contribution is 2.38. The normalized spacial score (nSPS) is 19.6. The number of benzene rings is 2. The summed E-state index contributed by atoms with van der Waals surface area (Å²) in [5, 5.41) is 0.915. The number of halogens is 2. The smallest absolute Gasteiger partial charge is 0.340 e. The molecule has 0 radical (unpaired) electrons. The Morgan fingerprint density at radius 1 is 1.25 bits per heavy atom. The lowest BCUT2D eigenvalue weighted by Gasteiger charge is -2.11. The van der Waals surface area contributed by atoms with Crippen LogP contribution in [0.15, 0.2) is 36.1 Å². The molecule has 28 heavy (non-hydrogen) atoms. The minimum Gasteiger partial charge on any atom is -0.452 e. The van der Waals surface area contributed by atoms with Crippen molar-refractivity contribution < 1.29 is 23.8 Å². The van der Waals surface area contributed by atoms with E-state index in [-0.39, 0.29) is 11.5 Å². The molecule has 2 aromatic rings. The highest BCUT2D eigenvalue weighted by atomic mass is 35.5. The minimum atomic E-state index is -0.543. The zero-order chi connectivity index (χ0) is 19.8. The van der Waals surface area contributed by atoms with Crippen molar-refractivity contribution in [3.8, 4) is 11.5 Å². The van der Waals surface area contributed by atoms with Crippen molar-refractivity contribution in [3.63, 3.8) is 0 Å². The van der Waals surface area contributed by atoms with Crippen LogP contribution in [0.4, 0.5) is 0 Å². The summed E-state index contributed by atoms with van der Waals surface area (Å²) in [5.74, 6) is 0.108. The van der Waals surface area contributed by atoms with Crippen LogP contribution in [-0.2, 0) is 9.53 Å². The summed E-state index contributed by atoms with van der Waals surface area (Å²) in [5.41, 5.74) is 1.71. The van der Waals surface area contributed by atoms with E-state index in [4.69, 9.17) is 37.4 Å². The Hall–Kier alpha value is -2.34. The van der Waals surface area contributed by atoms with Gasteiger partial charge in [-0.2, -0.15) is 0 Å². The maximum Gasteiger partial charge on any atom is 0.340 e. The molecule has 2 aromatic carbocycles. The fourth-order valence-electron chi connectivity index (χ4n) is 3.24. The van der Waals surface area contributed by atoms with Gasteiger partial charge in [0.2, 0.25) is 5.78 Å². The SMILES string of the molecule is Cc1cc(OC(=O)C2CCCO2)cc2c1C(=O)/C(=C/c1ccc(Cl)cc1Cl)O2. The highest BCUT2D eigenvalue weighted by molar-refractivity contribution is 6.35. The van der Waals surface area contributed by atoms with Crippen molar-refractivity contribution in [3.05, 3.63) is 62.8 Å². The van der Waals surface area contributed by atoms with E-state index in [9.17, 15) is 9.59 Å². The molecule has 1 unspecified atom stereocenters. The summed E-state index contributed by atoms with van der Waals surface area (Å²) in [6.07, 6.45) is 2.51. The predicted molar refractivity (Wildman–Crippen MR) is 105 cm³/mol. The average molecular weight is 419 g/mol. The van der Waals surface area contributed by atoms with Crippen molar-refractivity contribution in [2.24, 2.45) is 0 Å². The number of aryl methyl sites for hydroxylation is 1. The Morgan fingerprint density at radius 2 is 2.07 bits per heavy atom. The van der Waals surface area contributed by atoms with Crippen LogP contribution in [-0.4, -0.2) is 24.5 Å². The lowest BCUT2D eigenvalue weighted by atomic mass is 10.0. The second-order valence-corrected chi connectivity index (χ2v) is 7.49. The lowest BCUT2D eigenvalue weighted by molar-refractivity contribution is -0.144. The van der Waals surface area contributed by atoms with E-state index in [0.29, 0.717) is 51.3 Å². The van der Waals surface area contributed by atoms with Crippen molar-refractivity contribution in [1.29, 1.82) is 0 Å². The third-order valence-electron chi connectivity index (χ3n) is 4.60. The average Bonchev–Trinajstić information content (AvgIpc) is 3.26. The molecule has 1 saturated heterocycles. The number of ketones is 1. The third-order valence-corrected chi connectivity index (χ3v) is 5.17. The van der Waals surface area contributed by atoms with Gasteiger partial charge in [-0.3, -0.25) is 4.79 Å². The molecular formula is C21H16Cl2O5. The van der Waals surface area contributed by atoms with Crippen molar-refractivity contribution in [2.75, 3.05) is 6.61 Å². The van der Waals surface area contributed by atoms with E-state index in [1.54, 1.807) is 37.3 Å². The minimum absolute atomic E-state index is 0.143. The quantitative estimate of drug-likeness (QED) is 0.398. The largest absolute Gasteiger partial charge is 0.452 e. The number of allylic oxidation sites excluding steroid dienone is 1. The summed E-state index contributed by atoms with van der Waals surface area (Å²) < 4.78 is 16.5. The van der Waals surface area contributed by atoms with Gasteiger partial charge >= 0.3 is 5.97 Å². The molecule has 0 amide bonds. The second kappa shape index (κ2) is 7.59. The number of ether oxygens (including phenoxy) is 3. The Labute approximate surface area is 171 Å². The third kappa shape index (κ3) is 3.65. The summed E-state index contributed by atoms with van der Waals surface area (Å²) in [7, 11) is 0. The Kier molecular flexibility index (Phi) is 5.15. The van der Waals surface area contributed by atoms with Gasteiger partial charge in [0.25, 0.3) is 0 Å². The number of Topliss-reactive ketones (excluding diaryl/α,β-unsaturated/α-hetero) is 1. The summed E-state index contributed by atoms with van der Waals surface area (Å²) in [4.78, 5) is 24.9. The first-order valence-corrected chi connectivity index (χ1v) is 9.55. The van der Waals surface area contributed by atoms with Crippen LogP contribution in [0.3, 0.4) is 0 Å². The zero-order valence-corrected chi connectivity index (χ0v) is 16.5. The van der Waals surface area contributed by atoms with E-state index in [1.807, 2.05) is 0 Å². The number of carbonyl (C=O) groups excluding carboxylic acids is 2. The van der Waals surface area contributed by atoms with E-state index >= 15 is 0 Å². The summed E-state index contributed by atoms with van der Waals surface area (Å²) in [6.45, 7) is 2.32. The van der Waals surface area contributed by atoms with Crippen LogP contribution in [0, 0.1) is 6.92 Å². The van der Waals surface area contributed by atoms with Gasteiger partial charge in [0.1, 0.15) is 11.5 Å². The maximum atomic E-state index is 12.8. The number of esters is 1. The van der Waals surface area contributed by atoms with Gasteiger partial charge in [0.15, 0.2) is 11.9 Å². The van der Waals surface area contributed by atoms with Gasteiger partial charge in [-0.1, -0.05) is 29.3 Å². The van der Waals surface area contributed by atoms with Crippen LogP contribution in [0.1, 0.15) is 34.3 Å². The highest BCUT2D eigenvalue weighted by Gasteiger charge is 2.31. The van der Waals surface area contributed by atoms with Gasteiger partial charge in [-0.25, -0.2) is 4.79 Å². The molecule has 2 heterocycles. The molecule has 0 N–H and O–H groups in total. The predicted octanol–water partition coefficient (Wildman–Crippen LogP) is 5.00. The molecule has 2 aliphatic heterocycles. The van der Waals surface area contributed by atoms with Gasteiger partial charge in [0.05, 0.1) is 5.56 Å². The van der Waals surface area contributed by atoms with Crippen LogP contribution >= 0.6 is 23.2 Å². The molecule has 1 fully saturated rings. The standard InChI is InChI=1S/C21H16Cl2O5/c1-11-7-14(27-21(25)16-3-2-6-26-16)10-17-19(11)20(24)18(28-17)8-12-4-5-13(22)9-15(12)23/h4-5,7-10,16H,2-3,6H2,1H3/b18-8-. The molecular weight excluding hydrogens is 403 g/mol. The van der Waals surface area contributed by atoms with E-state index < -0.39 is 12.1 Å². The fraction of sp³-hybridized carbons (Fsp3) is 0.238. The fourth-order valence-corrected chi connectivity index (χ4v) is 3.70. The number of fused-ring (bicyclic) bond motifs is 1. The molecule has 0 spiro atoms. The molecule has 1 atom stereocenters. The molecule has 2 aliphatic rings. The monoisotopic (exact) mass is 418 g/mol. The van der Waals surface area contributed by atoms with Crippen molar-refractivity contribution in [2.45, 2.75) is 25.9 Å². The molecule has 0 aromatic heterocycles. The maximum absolute atomic E-state index is 12.8. The molecule has 0 saturated carbocycles. The molecule has 5 nitrogen and oxygen atoms in total. The Morgan fingerprint density at radius 3 is 2.79 bits per heavy atom. The topological polar surface area (TPSA) is 61.8 Å². The van der Waals surface area contributed by atoms with Crippen LogP contribution in [0.2, 0.25) is 10.0 Å². The first-order chi connectivity index (χ1) is 13.4. The van der Waals surface area contributed by atoms with Gasteiger partial charge in [0, 0.05) is 22.7 Å². The Bertz CT molecular complexity index is 1010. The van der Waals surface area contributed by atoms with E-state index in [1.165, 1.54) is 6.07 Å². The lowest BCUT2D eigenvalue weighted by Crippen LogP contribution is -2.24. The number of hydrogen-bond donors (Lipinski definition) is 0.